The molecule has 0 saturated carbocycles. The number of aromatic nitrogens is 2. The van der Waals surface area contributed by atoms with E-state index in [4.69, 9.17) is 0 Å². The monoisotopic (exact) mass is 295 g/mol. The van der Waals surface area contributed by atoms with Crippen molar-refractivity contribution < 1.29 is 17.6 Å². The maximum Gasteiger partial charge on any atom is 0.319 e. The van der Waals surface area contributed by atoms with E-state index >= 15 is 0 Å². The lowest BCUT2D eigenvalue weighted by Crippen LogP contribution is -2.38. The van der Waals surface area contributed by atoms with Crippen molar-refractivity contribution in [2.75, 3.05) is 6.54 Å². The molecule has 0 fully saturated rings. The number of imidazole rings is 1. The summed E-state index contributed by atoms with van der Waals surface area (Å²) in [5.41, 5.74) is 1.42. The molecular formula is C11H13F4N3S. The SMILES string of the molecule is Cc1cn2c(CNCC(F)(F)C(F)F)c(C)nc2s1. The Morgan fingerprint density at radius 1 is 1.42 bits per heavy atom. The Morgan fingerprint density at radius 2 is 2.11 bits per heavy atom. The van der Waals surface area contributed by atoms with Gasteiger partial charge in [0, 0.05) is 17.6 Å². The number of alkyl halides is 4. The highest BCUT2D eigenvalue weighted by Crippen LogP contribution is 2.23. The maximum atomic E-state index is 12.8. The summed E-state index contributed by atoms with van der Waals surface area (Å²) in [5.74, 6) is -4.01. The molecule has 0 aromatic carbocycles. The van der Waals surface area contributed by atoms with Crippen molar-refractivity contribution in [2.24, 2.45) is 0 Å². The number of thiazole rings is 1. The molecule has 0 aliphatic rings. The summed E-state index contributed by atoms with van der Waals surface area (Å²) < 4.78 is 51.3. The number of rotatable bonds is 5. The standard InChI is InChI=1S/C11H13F4N3S/c1-6-4-18-8(7(2)17-10(18)19-6)3-16-5-11(14,15)9(12)13/h4,9,16H,3,5H2,1-2H3. The zero-order valence-corrected chi connectivity index (χ0v) is 11.2. The van der Waals surface area contributed by atoms with Crippen LogP contribution in [0.3, 0.4) is 0 Å². The van der Waals surface area contributed by atoms with E-state index in [2.05, 4.69) is 10.3 Å². The van der Waals surface area contributed by atoms with Gasteiger partial charge < -0.3 is 5.32 Å². The summed E-state index contributed by atoms with van der Waals surface area (Å²) in [6.07, 6.45) is -1.81. The first kappa shape index (κ1) is 14.3. The van der Waals surface area contributed by atoms with Gasteiger partial charge in [0.25, 0.3) is 0 Å². The molecule has 0 saturated heterocycles. The van der Waals surface area contributed by atoms with Gasteiger partial charge in [0.1, 0.15) is 0 Å². The Balaban J connectivity index is 2.07. The zero-order chi connectivity index (χ0) is 14.2. The first-order valence-electron chi connectivity index (χ1n) is 5.62. The van der Waals surface area contributed by atoms with Crippen molar-refractivity contribution in [3.63, 3.8) is 0 Å². The molecule has 2 aromatic rings. The van der Waals surface area contributed by atoms with E-state index in [0.717, 1.165) is 9.84 Å². The van der Waals surface area contributed by atoms with Crippen molar-refractivity contribution in [1.82, 2.24) is 14.7 Å². The minimum Gasteiger partial charge on any atom is -0.305 e. The minimum absolute atomic E-state index is 0.0749. The van der Waals surface area contributed by atoms with Gasteiger partial charge in [0.2, 0.25) is 0 Å². The van der Waals surface area contributed by atoms with Crippen LogP contribution in [0.1, 0.15) is 16.3 Å². The predicted octanol–water partition coefficient (Wildman–Crippen LogP) is 3.00. The molecule has 8 heteroatoms. The van der Waals surface area contributed by atoms with Gasteiger partial charge in [-0.25, -0.2) is 13.8 Å². The molecule has 0 bridgehead atoms. The van der Waals surface area contributed by atoms with Crippen LogP contribution in [0.15, 0.2) is 6.20 Å². The largest absolute Gasteiger partial charge is 0.319 e. The van der Waals surface area contributed by atoms with Crippen LogP contribution in [0.4, 0.5) is 17.6 Å². The second kappa shape index (κ2) is 5.09. The highest BCUT2D eigenvalue weighted by atomic mass is 32.1. The lowest BCUT2D eigenvalue weighted by atomic mass is 10.3. The van der Waals surface area contributed by atoms with E-state index < -0.39 is 18.9 Å². The molecule has 2 aromatic heterocycles. The van der Waals surface area contributed by atoms with E-state index in [9.17, 15) is 17.6 Å². The van der Waals surface area contributed by atoms with Crippen LogP contribution >= 0.6 is 11.3 Å². The Hall–Kier alpha value is -1.15. The van der Waals surface area contributed by atoms with Gasteiger partial charge in [-0.3, -0.25) is 4.40 Å². The quantitative estimate of drug-likeness (QED) is 0.859. The maximum absolute atomic E-state index is 12.8. The molecule has 0 aliphatic heterocycles. The molecule has 0 aliphatic carbocycles. The van der Waals surface area contributed by atoms with Crippen LogP contribution in [-0.2, 0) is 6.54 Å². The Bertz CT molecular complexity index is 576. The van der Waals surface area contributed by atoms with Crippen molar-refractivity contribution >= 4 is 16.3 Å². The zero-order valence-electron chi connectivity index (χ0n) is 10.4. The fraction of sp³-hybridized carbons (Fsp3) is 0.545. The van der Waals surface area contributed by atoms with Crippen LogP contribution in [0.2, 0.25) is 0 Å². The second-order valence-corrected chi connectivity index (χ2v) is 5.52. The Morgan fingerprint density at radius 3 is 2.74 bits per heavy atom. The summed E-state index contributed by atoms with van der Waals surface area (Å²) in [5, 5.41) is 2.37. The van der Waals surface area contributed by atoms with Crippen LogP contribution < -0.4 is 5.32 Å². The average molecular weight is 295 g/mol. The van der Waals surface area contributed by atoms with E-state index in [1.807, 2.05) is 13.1 Å². The normalized spacial score (nSPS) is 12.8. The van der Waals surface area contributed by atoms with Crippen molar-refractivity contribution in [3.05, 3.63) is 22.5 Å². The average Bonchev–Trinajstić information content (AvgIpc) is 2.76. The smallest absolute Gasteiger partial charge is 0.305 e. The third-order valence-corrected chi connectivity index (χ3v) is 3.61. The van der Waals surface area contributed by atoms with Gasteiger partial charge in [0.15, 0.2) is 4.96 Å². The molecule has 0 spiro atoms. The van der Waals surface area contributed by atoms with Crippen molar-refractivity contribution in [1.29, 1.82) is 0 Å². The molecule has 2 heterocycles. The predicted molar refractivity (Wildman–Crippen MR) is 65.2 cm³/mol. The fourth-order valence-electron chi connectivity index (χ4n) is 1.75. The summed E-state index contributed by atoms with van der Waals surface area (Å²) in [6, 6.07) is 0. The van der Waals surface area contributed by atoms with Gasteiger partial charge >= 0.3 is 12.3 Å². The molecule has 19 heavy (non-hydrogen) atoms. The lowest BCUT2D eigenvalue weighted by Gasteiger charge is -2.15. The minimum atomic E-state index is -4.01. The van der Waals surface area contributed by atoms with E-state index in [1.54, 1.807) is 11.3 Å². The lowest BCUT2D eigenvalue weighted by molar-refractivity contribution is -0.125. The molecule has 0 atom stereocenters. The second-order valence-electron chi connectivity index (χ2n) is 4.30. The third-order valence-electron chi connectivity index (χ3n) is 2.71. The number of fused-ring (bicyclic) bond motifs is 1. The van der Waals surface area contributed by atoms with E-state index in [1.165, 1.54) is 11.3 Å². The molecular weight excluding hydrogens is 282 g/mol. The molecule has 106 valence electrons. The third kappa shape index (κ3) is 2.89. The number of nitrogens with zero attached hydrogens (tertiary/aromatic N) is 2. The number of hydrogen-bond acceptors (Lipinski definition) is 3. The van der Waals surface area contributed by atoms with Crippen LogP contribution in [-0.4, -0.2) is 28.3 Å². The molecule has 1 N–H and O–H groups in total. The van der Waals surface area contributed by atoms with Gasteiger partial charge in [-0.05, 0) is 13.8 Å². The Labute approximate surface area is 111 Å². The summed E-state index contributed by atoms with van der Waals surface area (Å²) in [4.78, 5) is 6.10. The van der Waals surface area contributed by atoms with Crippen LogP contribution in [0.25, 0.3) is 4.96 Å². The molecule has 0 radical (unpaired) electrons. The molecule has 2 rings (SSSR count). The number of hydrogen-bond donors (Lipinski definition) is 1. The molecule has 0 unspecified atom stereocenters. The van der Waals surface area contributed by atoms with Crippen molar-refractivity contribution in [2.45, 2.75) is 32.7 Å². The summed E-state index contributed by atoms with van der Waals surface area (Å²) in [6.45, 7) is 2.69. The summed E-state index contributed by atoms with van der Waals surface area (Å²) in [7, 11) is 0. The van der Waals surface area contributed by atoms with Gasteiger partial charge in [-0.1, -0.05) is 0 Å². The first-order chi connectivity index (χ1) is 8.81. The molecule has 0 amide bonds. The van der Waals surface area contributed by atoms with Gasteiger partial charge in [-0.2, -0.15) is 8.78 Å². The van der Waals surface area contributed by atoms with Gasteiger partial charge in [0.05, 0.1) is 17.9 Å². The molecule has 3 nitrogen and oxygen atoms in total. The summed E-state index contributed by atoms with van der Waals surface area (Å²) >= 11 is 1.49. The highest BCUT2D eigenvalue weighted by molar-refractivity contribution is 7.17. The number of halogens is 4. The Kier molecular flexibility index (Phi) is 3.82. The number of aryl methyl sites for hydroxylation is 2. The van der Waals surface area contributed by atoms with E-state index in [0.29, 0.717) is 11.4 Å². The topological polar surface area (TPSA) is 29.3 Å². The van der Waals surface area contributed by atoms with Crippen LogP contribution in [0.5, 0.6) is 0 Å². The highest BCUT2D eigenvalue weighted by Gasteiger charge is 2.40. The van der Waals surface area contributed by atoms with Crippen molar-refractivity contribution in [3.8, 4) is 0 Å². The number of nitrogens with one attached hydrogen (secondary N) is 1. The van der Waals surface area contributed by atoms with Gasteiger partial charge in [-0.15, -0.1) is 11.3 Å². The fourth-order valence-corrected chi connectivity index (χ4v) is 2.64. The van der Waals surface area contributed by atoms with Crippen LogP contribution in [0, 0.1) is 13.8 Å². The van der Waals surface area contributed by atoms with E-state index in [-0.39, 0.29) is 6.54 Å². The first-order valence-corrected chi connectivity index (χ1v) is 6.43.